The van der Waals surface area contributed by atoms with E-state index in [0.29, 0.717) is 5.75 Å². The summed E-state index contributed by atoms with van der Waals surface area (Å²) in [5.74, 6) is 0.546. The first-order valence-electron chi connectivity index (χ1n) is 7.25. The van der Waals surface area contributed by atoms with Crippen LogP contribution >= 0.6 is 15.9 Å². The molecule has 3 nitrogen and oxygen atoms in total. The lowest BCUT2D eigenvalue weighted by Gasteiger charge is -2.19. The second-order valence-corrected chi connectivity index (χ2v) is 6.27. The van der Waals surface area contributed by atoms with Crippen LogP contribution in [0.4, 0.5) is 0 Å². The molecule has 2 aromatic carbocycles. The van der Waals surface area contributed by atoms with Crippen LogP contribution in [0.25, 0.3) is 0 Å². The van der Waals surface area contributed by atoms with Crippen LogP contribution in [0.5, 0.6) is 5.75 Å². The number of ether oxygens (including phenoxy) is 1. The second kappa shape index (κ2) is 7.45. The van der Waals surface area contributed by atoms with Crippen LogP contribution in [0, 0.1) is 6.92 Å². The Labute approximate surface area is 139 Å². The number of hydrogen-bond acceptors (Lipinski definition) is 2. The number of hydrogen-bond donors (Lipinski definition) is 1. The van der Waals surface area contributed by atoms with E-state index in [1.54, 1.807) is 6.92 Å². The van der Waals surface area contributed by atoms with Gasteiger partial charge in [-0.25, -0.2) is 0 Å². The molecule has 0 saturated carbocycles. The molecule has 2 aromatic rings. The van der Waals surface area contributed by atoms with Gasteiger partial charge in [0, 0.05) is 4.47 Å². The van der Waals surface area contributed by atoms with Gasteiger partial charge in [0.1, 0.15) is 5.75 Å². The Balaban J connectivity index is 1.93. The zero-order chi connectivity index (χ0) is 16.1. The highest BCUT2D eigenvalue weighted by Gasteiger charge is 2.17. The number of carbonyl (C=O) groups is 1. The number of benzene rings is 2. The number of carbonyl (C=O) groups excluding carboxylic acids is 1. The molecule has 0 bridgehead atoms. The molecule has 0 heterocycles. The van der Waals surface area contributed by atoms with Gasteiger partial charge in [-0.1, -0.05) is 45.8 Å². The van der Waals surface area contributed by atoms with Crippen molar-refractivity contribution in [3.8, 4) is 5.75 Å². The number of nitrogens with one attached hydrogen (secondary N) is 1. The number of rotatable bonds is 5. The molecule has 0 aliphatic carbocycles. The molecule has 0 spiro atoms. The first-order valence-corrected chi connectivity index (χ1v) is 8.04. The summed E-state index contributed by atoms with van der Waals surface area (Å²) in [5, 5.41) is 2.97. The monoisotopic (exact) mass is 361 g/mol. The van der Waals surface area contributed by atoms with Crippen molar-refractivity contribution in [1.82, 2.24) is 5.32 Å². The molecule has 0 radical (unpaired) electrons. The zero-order valence-corrected chi connectivity index (χ0v) is 14.6. The van der Waals surface area contributed by atoms with Crippen LogP contribution in [0.15, 0.2) is 53.0 Å². The minimum absolute atomic E-state index is 0.0518. The van der Waals surface area contributed by atoms with E-state index in [0.717, 1.165) is 10.0 Å². The molecule has 0 aromatic heterocycles. The van der Waals surface area contributed by atoms with Crippen molar-refractivity contribution in [3.63, 3.8) is 0 Å². The third-order valence-electron chi connectivity index (χ3n) is 3.43. The lowest BCUT2D eigenvalue weighted by Crippen LogP contribution is -2.37. The van der Waals surface area contributed by atoms with Crippen molar-refractivity contribution in [1.29, 1.82) is 0 Å². The molecule has 2 atom stereocenters. The lowest BCUT2D eigenvalue weighted by molar-refractivity contribution is -0.127. The fourth-order valence-electron chi connectivity index (χ4n) is 2.04. The van der Waals surface area contributed by atoms with Crippen LogP contribution < -0.4 is 10.1 Å². The number of halogens is 1. The van der Waals surface area contributed by atoms with Gasteiger partial charge in [0.2, 0.25) is 0 Å². The summed E-state index contributed by atoms with van der Waals surface area (Å²) in [6.07, 6.45) is -0.547. The van der Waals surface area contributed by atoms with Crippen molar-refractivity contribution in [2.24, 2.45) is 0 Å². The molecule has 0 aliphatic heterocycles. The Morgan fingerprint density at radius 1 is 1.05 bits per heavy atom. The second-order valence-electron chi connectivity index (χ2n) is 5.35. The van der Waals surface area contributed by atoms with Gasteiger partial charge in [-0.2, -0.15) is 0 Å². The van der Waals surface area contributed by atoms with Crippen molar-refractivity contribution < 1.29 is 9.53 Å². The van der Waals surface area contributed by atoms with Crippen LogP contribution in [0.2, 0.25) is 0 Å². The molecule has 116 valence electrons. The Hall–Kier alpha value is -1.81. The number of aryl methyl sites for hydroxylation is 1. The van der Waals surface area contributed by atoms with E-state index in [1.165, 1.54) is 5.56 Å². The molecule has 4 heteroatoms. The summed E-state index contributed by atoms with van der Waals surface area (Å²) in [5.41, 5.74) is 2.28. The molecular formula is C18H20BrNO2. The summed E-state index contributed by atoms with van der Waals surface area (Å²) in [4.78, 5) is 12.2. The summed E-state index contributed by atoms with van der Waals surface area (Å²) in [6.45, 7) is 5.76. The smallest absolute Gasteiger partial charge is 0.261 e. The van der Waals surface area contributed by atoms with Crippen molar-refractivity contribution in [2.45, 2.75) is 32.9 Å². The van der Waals surface area contributed by atoms with Crippen LogP contribution in [0.3, 0.4) is 0 Å². The number of amides is 1. The van der Waals surface area contributed by atoms with E-state index in [2.05, 4.69) is 21.2 Å². The molecular weight excluding hydrogens is 342 g/mol. The predicted octanol–water partition coefficient (Wildman–Crippen LogP) is 4.40. The highest BCUT2D eigenvalue weighted by Crippen LogP contribution is 2.18. The molecule has 1 amide bonds. The van der Waals surface area contributed by atoms with Gasteiger partial charge >= 0.3 is 0 Å². The Kier molecular flexibility index (Phi) is 5.61. The molecule has 22 heavy (non-hydrogen) atoms. The van der Waals surface area contributed by atoms with Crippen molar-refractivity contribution in [3.05, 3.63) is 64.1 Å². The largest absolute Gasteiger partial charge is 0.481 e. The maximum atomic E-state index is 12.2. The molecule has 0 unspecified atom stereocenters. The molecule has 0 aliphatic rings. The van der Waals surface area contributed by atoms with Crippen molar-refractivity contribution in [2.75, 3.05) is 0 Å². The zero-order valence-electron chi connectivity index (χ0n) is 13.0. The maximum Gasteiger partial charge on any atom is 0.261 e. The van der Waals surface area contributed by atoms with Gasteiger partial charge < -0.3 is 10.1 Å². The first kappa shape index (κ1) is 16.6. The van der Waals surface area contributed by atoms with Gasteiger partial charge in [-0.15, -0.1) is 0 Å². The summed E-state index contributed by atoms with van der Waals surface area (Å²) in [7, 11) is 0. The van der Waals surface area contributed by atoms with E-state index in [-0.39, 0.29) is 11.9 Å². The predicted molar refractivity (Wildman–Crippen MR) is 92.0 cm³/mol. The highest BCUT2D eigenvalue weighted by atomic mass is 79.9. The fraction of sp³-hybridized carbons (Fsp3) is 0.278. The molecule has 0 fully saturated rings. The van der Waals surface area contributed by atoms with Gasteiger partial charge in [0.05, 0.1) is 6.04 Å². The minimum Gasteiger partial charge on any atom is -0.481 e. The third-order valence-corrected chi connectivity index (χ3v) is 3.96. The molecule has 2 rings (SSSR count). The van der Waals surface area contributed by atoms with Crippen molar-refractivity contribution >= 4 is 21.8 Å². The third kappa shape index (κ3) is 4.60. The van der Waals surface area contributed by atoms with Crippen LogP contribution in [-0.4, -0.2) is 12.0 Å². The average molecular weight is 362 g/mol. The Morgan fingerprint density at radius 3 is 2.23 bits per heavy atom. The standard InChI is InChI=1S/C18H20BrNO2/c1-12-4-6-15(7-5-12)13(2)20-18(21)14(3)22-17-10-8-16(19)9-11-17/h4-11,13-14H,1-3H3,(H,20,21)/t13-,14-/m0/s1. The van der Waals surface area contributed by atoms with E-state index in [4.69, 9.17) is 4.74 Å². The van der Waals surface area contributed by atoms with Gasteiger partial charge in [-0.3, -0.25) is 4.79 Å². The quantitative estimate of drug-likeness (QED) is 0.856. The highest BCUT2D eigenvalue weighted by molar-refractivity contribution is 9.10. The van der Waals surface area contributed by atoms with E-state index in [9.17, 15) is 4.79 Å². The fourth-order valence-corrected chi connectivity index (χ4v) is 2.30. The molecule has 0 saturated heterocycles. The SMILES string of the molecule is Cc1ccc([C@H](C)NC(=O)[C@H](C)Oc2ccc(Br)cc2)cc1. The molecule has 1 N–H and O–H groups in total. The lowest BCUT2D eigenvalue weighted by atomic mass is 10.1. The van der Waals surface area contributed by atoms with Crippen LogP contribution in [-0.2, 0) is 4.79 Å². The average Bonchev–Trinajstić information content (AvgIpc) is 2.50. The summed E-state index contributed by atoms with van der Waals surface area (Å²) < 4.78 is 6.63. The van der Waals surface area contributed by atoms with Gasteiger partial charge in [-0.05, 0) is 50.6 Å². The normalized spacial score (nSPS) is 13.3. The van der Waals surface area contributed by atoms with Crippen LogP contribution in [0.1, 0.15) is 31.0 Å². The minimum atomic E-state index is -0.547. The summed E-state index contributed by atoms with van der Waals surface area (Å²) >= 11 is 3.37. The first-order chi connectivity index (χ1) is 10.5. The maximum absolute atomic E-state index is 12.2. The van der Waals surface area contributed by atoms with E-state index in [1.807, 2.05) is 62.4 Å². The Morgan fingerprint density at radius 2 is 1.64 bits per heavy atom. The Bertz CT molecular complexity index is 623. The van der Waals surface area contributed by atoms with E-state index >= 15 is 0 Å². The van der Waals surface area contributed by atoms with Gasteiger partial charge in [0.25, 0.3) is 5.91 Å². The topological polar surface area (TPSA) is 38.3 Å². The van der Waals surface area contributed by atoms with E-state index < -0.39 is 6.10 Å². The summed E-state index contributed by atoms with van der Waals surface area (Å²) in [6, 6.07) is 15.5. The van der Waals surface area contributed by atoms with Gasteiger partial charge in [0.15, 0.2) is 6.10 Å².